The Morgan fingerprint density at radius 2 is 2.50 bits per heavy atom. The minimum absolute atomic E-state index is 0.260. The summed E-state index contributed by atoms with van der Waals surface area (Å²) in [4.78, 5) is 0. The second-order valence-corrected chi connectivity index (χ2v) is 2.62. The van der Waals surface area contributed by atoms with Crippen molar-refractivity contribution in [3.63, 3.8) is 0 Å². The van der Waals surface area contributed by atoms with Crippen molar-refractivity contribution in [3.8, 4) is 0 Å². The van der Waals surface area contributed by atoms with Gasteiger partial charge in [0.25, 0.3) is 0 Å². The summed E-state index contributed by atoms with van der Waals surface area (Å²) in [7, 11) is 0. The van der Waals surface area contributed by atoms with Gasteiger partial charge in [0, 0.05) is 6.54 Å². The van der Waals surface area contributed by atoms with Crippen LogP contribution in [-0.4, -0.2) is 33.0 Å². The summed E-state index contributed by atoms with van der Waals surface area (Å²) in [6, 6.07) is 0. The van der Waals surface area contributed by atoms with Crippen molar-refractivity contribution in [1.29, 1.82) is 0 Å². The van der Waals surface area contributed by atoms with E-state index in [0.717, 1.165) is 19.7 Å². The van der Waals surface area contributed by atoms with Crippen molar-refractivity contribution >= 4 is 0 Å². The van der Waals surface area contributed by atoms with Gasteiger partial charge in [0.1, 0.15) is 6.67 Å². The van der Waals surface area contributed by atoms with Gasteiger partial charge in [-0.3, -0.25) is 0 Å². The van der Waals surface area contributed by atoms with E-state index in [1.54, 1.807) is 0 Å². The second-order valence-electron chi connectivity index (χ2n) is 2.62. The molecule has 0 aliphatic carbocycles. The molecule has 1 rings (SSSR count). The van der Waals surface area contributed by atoms with Crippen molar-refractivity contribution < 1.29 is 9.13 Å². The maximum Gasteiger partial charge on any atom is 0.113 e. The number of hydrogen-bond acceptors (Lipinski definition) is 2. The highest BCUT2D eigenvalue weighted by molar-refractivity contribution is 4.69. The molecule has 0 aromatic carbocycles. The fourth-order valence-electron chi connectivity index (χ4n) is 1.16. The van der Waals surface area contributed by atoms with Crippen LogP contribution in [0.25, 0.3) is 0 Å². The number of nitrogens with one attached hydrogen (secondary N) is 1. The van der Waals surface area contributed by atoms with Gasteiger partial charge in [0.2, 0.25) is 0 Å². The van der Waals surface area contributed by atoms with Crippen molar-refractivity contribution in [1.82, 2.24) is 5.32 Å². The molecule has 0 amide bonds. The molecular weight excluding hydrogens is 133 g/mol. The molecule has 0 radical (unpaired) electrons. The lowest BCUT2D eigenvalue weighted by Gasteiger charge is -2.06. The average Bonchev–Trinajstić information content (AvgIpc) is 2.41. The standard InChI is InChI=1S/C7H14FNO/c8-2-4-10-6-7-1-3-9-5-7/h7,9H,1-6H2/t7-/m1/s1. The van der Waals surface area contributed by atoms with E-state index >= 15 is 0 Å². The SMILES string of the molecule is FCCOC[C@@H]1CCNC1. The van der Waals surface area contributed by atoms with Gasteiger partial charge in [-0.2, -0.15) is 0 Å². The first-order chi connectivity index (χ1) is 4.93. The molecular formula is C7H14FNO. The minimum atomic E-state index is -0.361. The van der Waals surface area contributed by atoms with Crippen molar-refractivity contribution in [3.05, 3.63) is 0 Å². The van der Waals surface area contributed by atoms with Crippen LogP contribution in [0.15, 0.2) is 0 Å². The highest BCUT2D eigenvalue weighted by atomic mass is 19.1. The molecule has 1 aliphatic rings. The fourth-order valence-corrected chi connectivity index (χ4v) is 1.16. The summed E-state index contributed by atoms with van der Waals surface area (Å²) < 4.78 is 16.6. The predicted molar refractivity (Wildman–Crippen MR) is 37.8 cm³/mol. The first kappa shape index (κ1) is 7.95. The molecule has 0 saturated carbocycles. The summed E-state index contributed by atoms with van der Waals surface area (Å²) >= 11 is 0. The molecule has 0 unspecified atom stereocenters. The van der Waals surface area contributed by atoms with Gasteiger partial charge in [-0.15, -0.1) is 0 Å². The van der Waals surface area contributed by atoms with Crippen LogP contribution in [0, 0.1) is 5.92 Å². The van der Waals surface area contributed by atoms with E-state index in [4.69, 9.17) is 4.74 Å². The Balaban J connectivity index is 1.91. The fraction of sp³-hybridized carbons (Fsp3) is 1.00. The van der Waals surface area contributed by atoms with E-state index in [1.807, 2.05) is 0 Å². The van der Waals surface area contributed by atoms with E-state index in [1.165, 1.54) is 6.42 Å². The number of hydrogen-bond donors (Lipinski definition) is 1. The predicted octanol–water partition coefficient (Wildman–Crippen LogP) is 0.582. The van der Waals surface area contributed by atoms with Crippen LogP contribution in [-0.2, 0) is 4.74 Å². The summed E-state index contributed by atoms with van der Waals surface area (Å²) in [5.41, 5.74) is 0. The third kappa shape index (κ3) is 2.62. The third-order valence-electron chi connectivity index (χ3n) is 1.74. The number of ether oxygens (including phenoxy) is 1. The molecule has 10 heavy (non-hydrogen) atoms. The lowest BCUT2D eigenvalue weighted by atomic mass is 10.1. The van der Waals surface area contributed by atoms with Crippen LogP contribution in [0.4, 0.5) is 4.39 Å². The third-order valence-corrected chi connectivity index (χ3v) is 1.74. The monoisotopic (exact) mass is 147 g/mol. The van der Waals surface area contributed by atoms with Gasteiger partial charge in [-0.25, -0.2) is 4.39 Å². The van der Waals surface area contributed by atoms with Gasteiger partial charge in [0.15, 0.2) is 0 Å². The Morgan fingerprint density at radius 1 is 1.60 bits per heavy atom. The summed E-state index contributed by atoms with van der Waals surface area (Å²) in [5.74, 6) is 0.617. The lowest BCUT2D eigenvalue weighted by Crippen LogP contribution is -2.14. The molecule has 1 saturated heterocycles. The summed E-state index contributed by atoms with van der Waals surface area (Å²) in [5, 5.41) is 3.23. The Kier molecular flexibility index (Phi) is 3.68. The topological polar surface area (TPSA) is 21.3 Å². The smallest absolute Gasteiger partial charge is 0.113 e. The molecule has 1 fully saturated rings. The van der Waals surface area contributed by atoms with Crippen molar-refractivity contribution in [2.24, 2.45) is 5.92 Å². The van der Waals surface area contributed by atoms with Crippen molar-refractivity contribution in [2.45, 2.75) is 6.42 Å². The van der Waals surface area contributed by atoms with Crippen molar-refractivity contribution in [2.75, 3.05) is 33.0 Å². The minimum Gasteiger partial charge on any atom is -0.378 e. The van der Waals surface area contributed by atoms with Gasteiger partial charge < -0.3 is 10.1 Å². The van der Waals surface area contributed by atoms with E-state index in [9.17, 15) is 4.39 Å². The van der Waals surface area contributed by atoms with Crippen LogP contribution in [0.2, 0.25) is 0 Å². The molecule has 1 atom stereocenters. The normalized spacial score (nSPS) is 25.5. The molecule has 0 aromatic heterocycles. The summed E-state index contributed by atoms with van der Waals surface area (Å²) in [6.07, 6.45) is 1.17. The molecule has 0 bridgehead atoms. The molecule has 60 valence electrons. The van der Waals surface area contributed by atoms with E-state index in [0.29, 0.717) is 5.92 Å². The zero-order valence-electron chi connectivity index (χ0n) is 6.11. The van der Waals surface area contributed by atoms with Crippen LogP contribution in [0.5, 0.6) is 0 Å². The molecule has 0 aromatic rings. The van der Waals surface area contributed by atoms with Crippen LogP contribution >= 0.6 is 0 Å². The highest BCUT2D eigenvalue weighted by Gasteiger charge is 2.13. The molecule has 1 aliphatic heterocycles. The lowest BCUT2D eigenvalue weighted by molar-refractivity contribution is 0.0931. The number of alkyl halides is 1. The van der Waals surface area contributed by atoms with Gasteiger partial charge in [-0.05, 0) is 18.9 Å². The molecule has 1 N–H and O–H groups in total. The van der Waals surface area contributed by atoms with Crippen LogP contribution in [0.3, 0.4) is 0 Å². The molecule has 0 spiro atoms. The first-order valence-electron chi connectivity index (χ1n) is 3.78. The largest absolute Gasteiger partial charge is 0.378 e. The first-order valence-corrected chi connectivity index (χ1v) is 3.78. The highest BCUT2D eigenvalue weighted by Crippen LogP contribution is 2.06. The molecule has 1 heterocycles. The Morgan fingerprint density at radius 3 is 3.10 bits per heavy atom. The zero-order valence-corrected chi connectivity index (χ0v) is 6.11. The summed E-state index contributed by atoms with van der Waals surface area (Å²) in [6.45, 7) is 2.74. The quantitative estimate of drug-likeness (QED) is 0.587. The Labute approximate surface area is 60.8 Å². The maximum atomic E-state index is 11.5. The van der Waals surface area contributed by atoms with E-state index < -0.39 is 0 Å². The number of rotatable bonds is 4. The van der Waals surface area contributed by atoms with Crippen LogP contribution in [0.1, 0.15) is 6.42 Å². The van der Waals surface area contributed by atoms with E-state index in [-0.39, 0.29) is 13.3 Å². The zero-order chi connectivity index (χ0) is 7.23. The Hall–Kier alpha value is -0.150. The molecule has 3 heteroatoms. The molecule has 2 nitrogen and oxygen atoms in total. The van der Waals surface area contributed by atoms with Gasteiger partial charge >= 0.3 is 0 Å². The van der Waals surface area contributed by atoms with Gasteiger partial charge in [-0.1, -0.05) is 0 Å². The van der Waals surface area contributed by atoms with Gasteiger partial charge in [0.05, 0.1) is 13.2 Å². The maximum absolute atomic E-state index is 11.5. The van der Waals surface area contributed by atoms with Crippen LogP contribution < -0.4 is 5.32 Å². The Bertz CT molecular complexity index is 83.7. The second kappa shape index (κ2) is 4.63. The number of halogens is 1. The van der Waals surface area contributed by atoms with E-state index in [2.05, 4.69) is 5.32 Å². The average molecular weight is 147 g/mol.